The van der Waals surface area contributed by atoms with Gasteiger partial charge in [-0.1, -0.05) is 67.3 Å². The third-order valence-electron chi connectivity index (χ3n) is 5.70. The SMILES string of the molecule is Cc1ccc(CN(C(=O)COc2ccccc2)C(C)C(=O)NC2CCCCC2)cc1. The van der Waals surface area contributed by atoms with Crippen LogP contribution in [0.2, 0.25) is 0 Å². The third-order valence-corrected chi connectivity index (χ3v) is 5.70. The number of nitrogens with one attached hydrogen (secondary N) is 1. The molecule has 3 rings (SSSR count). The first-order valence-corrected chi connectivity index (χ1v) is 10.9. The molecule has 1 N–H and O–H groups in total. The fourth-order valence-electron chi connectivity index (χ4n) is 3.79. The highest BCUT2D eigenvalue weighted by Gasteiger charge is 2.28. The van der Waals surface area contributed by atoms with Gasteiger partial charge in [-0.25, -0.2) is 0 Å². The van der Waals surface area contributed by atoms with E-state index in [0.29, 0.717) is 12.3 Å². The molecule has 30 heavy (non-hydrogen) atoms. The molecule has 1 atom stereocenters. The lowest BCUT2D eigenvalue weighted by Crippen LogP contribution is -2.51. The second-order valence-electron chi connectivity index (χ2n) is 8.13. The Bertz CT molecular complexity index is 814. The van der Waals surface area contributed by atoms with Crippen LogP contribution in [0.1, 0.15) is 50.2 Å². The lowest BCUT2D eigenvalue weighted by molar-refractivity contribution is -0.142. The van der Waals surface area contributed by atoms with Crippen LogP contribution >= 0.6 is 0 Å². The van der Waals surface area contributed by atoms with Crippen LogP contribution in [0.15, 0.2) is 54.6 Å². The molecule has 2 aromatic rings. The molecule has 2 aromatic carbocycles. The number of aryl methyl sites for hydroxylation is 1. The minimum absolute atomic E-state index is 0.0953. The molecule has 1 saturated carbocycles. The summed E-state index contributed by atoms with van der Waals surface area (Å²) in [7, 11) is 0. The standard InChI is InChI=1S/C25H32N2O3/c1-19-13-15-21(16-14-19)17-27(24(28)18-30-23-11-7-4-8-12-23)20(2)25(29)26-22-9-5-3-6-10-22/h4,7-8,11-16,20,22H,3,5-6,9-10,17-18H2,1-2H3,(H,26,29). The van der Waals surface area contributed by atoms with Crippen molar-refractivity contribution in [1.29, 1.82) is 0 Å². The van der Waals surface area contributed by atoms with E-state index in [2.05, 4.69) is 5.32 Å². The number of carbonyl (C=O) groups is 2. The van der Waals surface area contributed by atoms with Gasteiger partial charge >= 0.3 is 0 Å². The third kappa shape index (κ3) is 6.34. The summed E-state index contributed by atoms with van der Waals surface area (Å²) < 4.78 is 5.66. The summed E-state index contributed by atoms with van der Waals surface area (Å²) in [5.74, 6) is 0.341. The van der Waals surface area contributed by atoms with Crippen molar-refractivity contribution in [3.8, 4) is 5.75 Å². The zero-order valence-corrected chi connectivity index (χ0v) is 18.0. The zero-order chi connectivity index (χ0) is 21.3. The Kier molecular flexibility index (Phi) is 7.89. The van der Waals surface area contributed by atoms with Crippen LogP contribution in [0, 0.1) is 6.92 Å². The van der Waals surface area contributed by atoms with Crippen molar-refractivity contribution in [2.45, 2.75) is 64.6 Å². The van der Waals surface area contributed by atoms with Crippen molar-refractivity contribution >= 4 is 11.8 Å². The van der Waals surface area contributed by atoms with Crippen molar-refractivity contribution in [2.24, 2.45) is 0 Å². The number of rotatable bonds is 8. The van der Waals surface area contributed by atoms with Gasteiger partial charge in [0.05, 0.1) is 0 Å². The van der Waals surface area contributed by atoms with Crippen LogP contribution in [0.4, 0.5) is 0 Å². The fourth-order valence-corrected chi connectivity index (χ4v) is 3.79. The Morgan fingerprint density at radius 1 is 1.03 bits per heavy atom. The summed E-state index contributed by atoms with van der Waals surface area (Å²) in [5, 5.41) is 3.15. The molecule has 5 heteroatoms. The van der Waals surface area contributed by atoms with Gasteiger partial charge in [0, 0.05) is 12.6 Å². The molecule has 2 amide bonds. The van der Waals surface area contributed by atoms with E-state index in [1.54, 1.807) is 11.8 Å². The van der Waals surface area contributed by atoms with Gasteiger partial charge in [0.1, 0.15) is 11.8 Å². The Labute approximate surface area is 179 Å². The number of amides is 2. The molecule has 1 unspecified atom stereocenters. The van der Waals surface area contributed by atoms with E-state index in [1.165, 1.54) is 6.42 Å². The van der Waals surface area contributed by atoms with Crippen LogP contribution in [0.25, 0.3) is 0 Å². The Hall–Kier alpha value is -2.82. The molecule has 5 nitrogen and oxygen atoms in total. The molecule has 0 aliphatic heterocycles. The van der Waals surface area contributed by atoms with Crippen molar-refractivity contribution in [3.05, 3.63) is 65.7 Å². The monoisotopic (exact) mass is 408 g/mol. The van der Waals surface area contributed by atoms with Gasteiger partial charge in [0.2, 0.25) is 5.91 Å². The minimum atomic E-state index is -0.569. The van der Waals surface area contributed by atoms with Crippen LogP contribution in [0.5, 0.6) is 5.75 Å². The summed E-state index contributed by atoms with van der Waals surface area (Å²) >= 11 is 0. The normalized spacial score (nSPS) is 15.3. The molecule has 1 aliphatic carbocycles. The number of hydrogen-bond donors (Lipinski definition) is 1. The number of para-hydroxylation sites is 1. The molecule has 1 aliphatic rings. The molecule has 0 heterocycles. The van der Waals surface area contributed by atoms with Gasteiger partial charge in [-0.05, 0) is 44.4 Å². The molecule has 160 valence electrons. The van der Waals surface area contributed by atoms with Gasteiger partial charge in [0.25, 0.3) is 5.91 Å². The molecule has 0 spiro atoms. The number of benzene rings is 2. The van der Waals surface area contributed by atoms with Crippen molar-refractivity contribution in [1.82, 2.24) is 10.2 Å². The summed E-state index contributed by atoms with van der Waals surface area (Å²) in [4.78, 5) is 27.6. The summed E-state index contributed by atoms with van der Waals surface area (Å²) in [5.41, 5.74) is 2.15. The maximum Gasteiger partial charge on any atom is 0.261 e. The van der Waals surface area contributed by atoms with E-state index in [9.17, 15) is 9.59 Å². The molecular formula is C25H32N2O3. The van der Waals surface area contributed by atoms with Gasteiger partial charge in [-0.2, -0.15) is 0 Å². The number of nitrogens with zero attached hydrogens (tertiary/aromatic N) is 1. The number of hydrogen-bond acceptors (Lipinski definition) is 3. The molecule has 0 aromatic heterocycles. The van der Waals surface area contributed by atoms with Gasteiger partial charge in [-0.15, -0.1) is 0 Å². The van der Waals surface area contributed by atoms with Crippen molar-refractivity contribution in [3.63, 3.8) is 0 Å². The van der Waals surface area contributed by atoms with E-state index >= 15 is 0 Å². The van der Waals surface area contributed by atoms with Crippen LogP contribution in [-0.2, 0) is 16.1 Å². The molecule has 0 radical (unpaired) electrons. The highest BCUT2D eigenvalue weighted by molar-refractivity contribution is 5.88. The Balaban J connectivity index is 1.68. The first-order chi connectivity index (χ1) is 14.5. The molecule has 1 fully saturated rings. The Morgan fingerprint density at radius 3 is 2.37 bits per heavy atom. The van der Waals surface area contributed by atoms with Gasteiger partial charge in [-0.3, -0.25) is 9.59 Å². The van der Waals surface area contributed by atoms with E-state index in [4.69, 9.17) is 4.74 Å². The lowest BCUT2D eigenvalue weighted by Gasteiger charge is -2.31. The average molecular weight is 409 g/mol. The smallest absolute Gasteiger partial charge is 0.261 e. The number of ether oxygens (including phenoxy) is 1. The van der Waals surface area contributed by atoms with Crippen LogP contribution < -0.4 is 10.1 Å². The van der Waals surface area contributed by atoms with E-state index in [1.807, 2.05) is 61.5 Å². The van der Waals surface area contributed by atoms with Gasteiger partial charge in [0.15, 0.2) is 6.61 Å². The van der Waals surface area contributed by atoms with E-state index in [0.717, 1.165) is 36.8 Å². The maximum absolute atomic E-state index is 13.0. The van der Waals surface area contributed by atoms with Crippen LogP contribution in [0.3, 0.4) is 0 Å². The fraction of sp³-hybridized carbons (Fsp3) is 0.440. The zero-order valence-electron chi connectivity index (χ0n) is 18.0. The highest BCUT2D eigenvalue weighted by Crippen LogP contribution is 2.18. The second kappa shape index (κ2) is 10.8. The average Bonchev–Trinajstić information content (AvgIpc) is 2.78. The van der Waals surface area contributed by atoms with E-state index in [-0.39, 0.29) is 24.5 Å². The predicted molar refractivity (Wildman–Crippen MR) is 118 cm³/mol. The first-order valence-electron chi connectivity index (χ1n) is 10.9. The quantitative estimate of drug-likeness (QED) is 0.711. The largest absolute Gasteiger partial charge is 0.484 e. The molecule has 0 saturated heterocycles. The second-order valence-corrected chi connectivity index (χ2v) is 8.13. The summed E-state index contributed by atoms with van der Waals surface area (Å²) in [6.45, 7) is 4.10. The molecule has 0 bridgehead atoms. The maximum atomic E-state index is 13.0. The predicted octanol–water partition coefficient (Wildman–Crippen LogP) is 4.24. The van der Waals surface area contributed by atoms with Gasteiger partial charge < -0.3 is 15.0 Å². The summed E-state index contributed by atoms with van der Waals surface area (Å²) in [6.07, 6.45) is 5.56. The topological polar surface area (TPSA) is 58.6 Å². The van der Waals surface area contributed by atoms with Crippen LogP contribution in [-0.4, -0.2) is 35.4 Å². The lowest BCUT2D eigenvalue weighted by atomic mass is 9.95. The number of carbonyl (C=O) groups excluding carboxylic acids is 2. The Morgan fingerprint density at radius 2 is 1.70 bits per heavy atom. The summed E-state index contributed by atoms with van der Waals surface area (Å²) in [6, 6.07) is 16.9. The van der Waals surface area contributed by atoms with Crippen molar-refractivity contribution < 1.29 is 14.3 Å². The first kappa shape index (κ1) is 21.9. The highest BCUT2D eigenvalue weighted by atomic mass is 16.5. The van der Waals surface area contributed by atoms with Crippen molar-refractivity contribution in [2.75, 3.05) is 6.61 Å². The molecular weight excluding hydrogens is 376 g/mol. The van der Waals surface area contributed by atoms with E-state index < -0.39 is 6.04 Å². The minimum Gasteiger partial charge on any atom is -0.484 e.